The van der Waals surface area contributed by atoms with E-state index in [0.717, 1.165) is 4.88 Å². The van der Waals surface area contributed by atoms with E-state index >= 15 is 0 Å². The van der Waals surface area contributed by atoms with Crippen molar-refractivity contribution in [2.24, 2.45) is 5.84 Å². The van der Waals surface area contributed by atoms with Gasteiger partial charge in [-0.05, 0) is 12.1 Å². The third kappa shape index (κ3) is 2.69. The first kappa shape index (κ1) is 9.31. The first-order valence-corrected chi connectivity index (χ1v) is 4.40. The third-order valence-electron chi connectivity index (χ3n) is 1.18. The molecule has 0 saturated heterocycles. The molecule has 4 N–H and O–H groups in total. The van der Waals surface area contributed by atoms with Crippen LogP contribution in [-0.4, -0.2) is 6.03 Å². The second-order valence-corrected chi connectivity index (χ2v) is 3.83. The summed E-state index contributed by atoms with van der Waals surface area (Å²) in [5.41, 5.74) is 1.96. The van der Waals surface area contributed by atoms with E-state index in [9.17, 15) is 4.79 Å². The van der Waals surface area contributed by atoms with E-state index in [-0.39, 0.29) is 0 Å². The number of hydrogen-bond acceptors (Lipinski definition) is 3. The highest BCUT2D eigenvalue weighted by atomic mass is 35.5. The molecule has 2 amide bonds. The van der Waals surface area contributed by atoms with E-state index < -0.39 is 6.03 Å². The maximum Gasteiger partial charge on any atom is 0.329 e. The summed E-state index contributed by atoms with van der Waals surface area (Å²) in [6.45, 7) is 0.445. The van der Waals surface area contributed by atoms with Crippen LogP contribution in [0, 0.1) is 0 Å². The van der Waals surface area contributed by atoms with Gasteiger partial charge < -0.3 is 5.32 Å². The quantitative estimate of drug-likeness (QED) is 0.384. The van der Waals surface area contributed by atoms with Crippen LogP contribution in [0.2, 0.25) is 4.34 Å². The first-order valence-electron chi connectivity index (χ1n) is 3.21. The average Bonchev–Trinajstić information content (AvgIpc) is 2.47. The van der Waals surface area contributed by atoms with Gasteiger partial charge in [-0.25, -0.2) is 10.6 Å². The van der Waals surface area contributed by atoms with E-state index in [1.165, 1.54) is 11.3 Å². The zero-order valence-corrected chi connectivity index (χ0v) is 7.71. The lowest BCUT2D eigenvalue weighted by molar-refractivity contribution is 0.241. The lowest BCUT2D eigenvalue weighted by Crippen LogP contribution is -2.39. The first-order chi connectivity index (χ1) is 5.72. The van der Waals surface area contributed by atoms with Crippen molar-refractivity contribution in [3.8, 4) is 0 Å². The maximum atomic E-state index is 10.6. The SMILES string of the molecule is NNC(=O)NCc1ccc(Cl)s1. The predicted molar refractivity (Wildman–Crippen MR) is 48.9 cm³/mol. The van der Waals surface area contributed by atoms with Crippen LogP contribution >= 0.6 is 22.9 Å². The van der Waals surface area contributed by atoms with Crippen molar-refractivity contribution in [3.05, 3.63) is 21.3 Å². The van der Waals surface area contributed by atoms with Crippen LogP contribution in [0.25, 0.3) is 0 Å². The Hall–Kier alpha value is -0.780. The molecule has 0 aliphatic heterocycles. The summed E-state index contributed by atoms with van der Waals surface area (Å²) in [5.74, 6) is 4.86. The number of halogens is 1. The molecule has 0 saturated carbocycles. The Labute approximate surface area is 78.7 Å². The summed E-state index contributed by atoms with van der Waals surface area (Å²) in [7, 11) is 0. The number of rotatable bonds is 2. The van der Waals surface area contributed by atoms with Gasteiger partial charge in [0.05, 0.1) is 10.9 Å². The van der Waals surface area contributed by atoms with Gasteiger partial charge in [-0.15, -0.1) is 11.3 Å². The number of carbonyl (C=O) groups excluding carboxylic acids is 1. The molecule has 0 aliphatic rings. The predicted octanol–water partition coefficient (Wildman–Crippen LogP) is 1.07. The zero-order valence-electron chi connectivity index (χ0n) is 6.13. The zero-order chi connectivity index (χ0) is 8.97. The lowest BCUT2D eigenvalue weighted by atomic mass is 10.5. The van der Waals surface area contributed by atoms with Gasteiger partial charge in [0.15, 0.2) is 0 Å². The number of nitrogens with two attached hydrogens (primary N) is 1. The molecule has 0 unspecified atom stereocenters. The largest absolute Gasteiger partial charge is 0.332 e. The minimum Gasteiger partial charge on any atom is -0.332 e. The summed E-state index contributed by atoms with van der Waals surface area (Å²) in [5, 5.41) is 2.54. The molecular weight excluding hydrogens is 198 g/mol. The summed E-state index contributed by atoms with van der Waals surface area (Å²) < 4.78 is 0.708. The van der Waals surface area contributed by atoms with Crippen LogP contribution in [-0.2, 0) is 6.54 Å². The maximum absolute atomic E-state index is 10.6. The monoisotopic (exact) mass is 205 g/mol. The van der Waals surface area contributed by atoms with Gasteiger partial charge in [0.25, 0.3) is 0 Å². The Kier molecular flexibility index (Phi) is 3.33. The molecular formula is C6H8ClN3OS. The van der Waals surface area contributed by atoms with Crippen LogP contribution < -0.4 is 16.6 Å². The molecule has 1 aromatic rings. The fourth-order valence-electron chi connectivity index (χ4n) is 0.665. The van der Waals surface area contributed by atoms with Crippen molar-refractivity contribution in [3.63, 3.8) is 0 Å². The third-order valence-corrected chi connectivity index (χ3v) is 2.41. The normalized spacial score (nSPS) is 9.50. The molecule has 0 fully saturated rings. The molecule has 0 atom stereocenters. The van der Waals surface area contributed by atoms with Gasteiger partial charge in [0.1, 0.15) is 0 Å². The molecule has 1 heterocycles. The average molecular weight is 206 g/mol. The number of urea groups is 1. The Morgan fingerprint density at radius 3 is 2.92 bits per heavy atom. The molecule has 0 aliphatic carbocycles. The fourth-order valence-corrected chi connectivity index (χ4v) is 1.69. The van der Waals surface area contributed by atoms with Crippen molar-refractivity contribution in [1.29, 1.82) is 0 Å². The Bertz CT molecular complexity index is 276. The van der Waals surface area contributed by atoms with Crippen LogP contribution in [0.5, 0.6) is 0 Å². The highest BCUT2D eigenvalue weighted by molar-refractivity contribution is 7.16. The van der Waals surface area contributed by atoms with Crippen molar-refractivity contribution in [1.82, 2.24) is 10.7 Å². The molecule has 0 bridgehead atoms. The van der Waals surface area contributed by atoms with Crippen molar-refractivity contribution in [2.45, 2.75) is 6.54 Å². The van der Waals surface area contributed by atoms with Gasteiger partial charge in [0, 0.05) is 4.88 Å². The van der Waals surface area contributed by atoms with Gasteiger partial charge in [-0.1, -0.05) is 11.6 Å². The van der Waals surface area contributed by atoms with Gasteiger partial charge in [0.2, 0.25) is 0 Å². The molecule has 12 heavy (non-hydrogen) atoms. The number of carbonyl (C=O) groups is 1. The lowest BCUT2D eigenvalue weighted by Gasteiger charge is -2.00. The molecule has 1 aromatic heterocycles. The number of hydrogen-bond donors (Lipinski definition) is 3. The fraction of sp³-hybridized carbons (Fsp3) is 0.167. The van der Waals surface area contributed by atoms with E-state index in [1.807, 2.05) is 11.5 Å². The highest BCUT2D eigenvalue weighted by Gasteiger charge is 1.99. The second-order valence-electron chi connectivity index (χ2n) is 2.03. The smallest absolute Gasteiger partial charge is 0.329 e. The number of amides is 2. The second kappa shape index (κ2) is 4.30. The van der Waals surface area contributed by atoms with Crippen LogP contribution in [0.4, 0.5) is 4.79 Å². The molecule has 0 spiro atoms. The molecule has 1 rings (SSSR count). The Morgan fingerprint density at radius 2 is 2.42 bits per heavy atom. The molecule has 0 aromatic carbocycles. The summed E-state index contributed by atoms with van der Waals surface area (Å²) in [6, 6.07) is 3.23. The Morgan fingerprint density at radius 1 is 1.67 bits per heavy atom. The van der Waals surface area contributed by atoms with E-state index in [2.05, 4.69) is 5.32 Å². The topological polar surface area (TPSA) is 67.1 Å². The van der Waals surface area contributed by atoms with Gasteiger partial charge in [-0.3, -0.25) is 5.43 Å². The van der Waals surface area contributed by atoms with E-state index in [0.29, 0.717) is 10.9 Å². The van der Waals surface area contributed by atoms with E-state index in [4.69, 9.17) is 17.4 Å². The number of hydrazine groups is 1. The van der Waals surface area contributed by atoms with Crippen molar-refractivity contribution < 1.29 is 4.79 Å². The minimum absolute atomic E-state index is 0.403. The number of nitrogens with one attached hydrogen (secondary N) is 2. The minimum atomic E-state index is -0.403. The van der Waals surface area contributed by atoms with Crippen LogP contribution in [0.15, 0.2) is 12.1 Å². The van der Waals surface area contributed by atoms with Crippen LogP contribution in [0.1, 0.15) is 4.88 Å². The summed E-state index contributed by atoms with van der Waals surface area (Å²) >= 11 is 7.10. The standard InChI is InChI=1S/C6H8ClN3OS/c7-5-2-1-4(12-5)3-9-6(11)10-8/h1-2H,3,8H2,(H2,9,10,11). The summed E-state index contributed by atoms with van der Waals surface area (Å²) in [6.07, 6.45) is 0. The molecule has 0 radical (unpaired) electrons. The van der Waals surface area contributed by atoms with Crippen molar-refractivity contribution in [2.75, 3.05) is 0 Å². The molecule has 4 nitrogen and oxygen atoms in total. The van der Waals surface area contributed by atoms with Gasteiger partial charge in [-0.2, -0.15) is 0 Å². The Balaban J connectivity index is 2.38. The van der Waals surface area contributed by atoms with Gasteiger partial charge >= 0.3 is 6.03 Å². The van der Waals surface area contributed by atoms with E-state index in [1.54, 1.807) is 6.07 Å². The summed E-state index contributed by atoms with van der Waals surface area (Å²) in [4.78, 5) is 11.6. The van der Waals surface area contributed by atoms with Crippen LogP contribution in [0.3, 0.4) is 0 Å². The molecule has 6 heteroatoms. The van der Waals surface area contributed by atoms with Crippen molar-refractivity contribution >= 4 is 29.0 Å². The highest BCUT2D eigenvalue weighted by Crippen LogP contribution is 2.20. The number of thiophene rings is 1. The molecule has 66 valence electrons.